The Labute approximate surface area is 888 Å². The quantitative estimate of drug-likeness (QED) is 0.0244. The number of fused-ring (bicyclic) bond motifs is 3. The molecule has 722 valence electrons. The van der Waals surface area contributed by atoms with Crippen LogP contribution in [0.2, 0.25) is 0 Å². The molecule has 0 bridgehead atoms. The van der Waals surface area contributed by atoms with Gasteiger partial charge in [-0.3, -0.25) is 86.9 Å². The van der Waals surface area contributed by atoms with Crippen molar-refractivity contribution >= 4 is 111 Å². The molecule has 0 saturated carbocycles. The van der Waals surface area contributed by atoms with Crippen molar-refractivity contribution in [3.05, 3.63) is 350 Å². The number of nitrogens with zero attached hydrogens (tertiary/aromatic N) is 8. The van der Waals surface area contributed by atoms with E-state index < -0.39 is 0 Å². The normalized spacial score (nSPS) is 10.4. The summed E-state index contributed by atoms with van der Waals surface area (Å²) in [5, 5.41) is 76.0. The molecule has 0 aliphatic rings. The van der Waals surface area contributed by atoms with Crippen molar-refractivity contribution in [2.45, 2.75) is 111 Å². The number of ketones is 8. The Morgan fingerprint density at radius 1 is 0.239 bits per heavy atom. The number of rotatable bonds is 12. The molecule has 0 aliphatic heterocycles. The molecular formula is C102H98Ir8N8O16-8. The fourth-order valence-electron chi connectivity index (χ4n) is 10.2. The molecule has 8 N–H and O–H groups in total. The molecule has 4 heterocycles. The Morgan fingerprint density at radius 2 is 0.500 bits per heavy atom. The van der Waals surface area contributed by atoms with Crippen molar-refractivity contribution in [1.29, 1.82) is 0 Å². The van der Waals surface area contributed by atoms with E-state index in [1.165, 1.54) is 176 Å². The van der Waals surface area contributed by atoms with Gasteiger partial charge in [-0.1, -0.05) is 84.9 Å². The first kappa shape index (κ1) is 134. The Bertz CT molecular complexity index is 5680. The van der Waals surface area contributed by atoms with Crippen molar-refractivity contribution in [2.24, 2.45) is 0 Å². The Morgan fingerprint density at radius 3 is 0.799 bits per heavy atom. The maximum absolute atomic E-state index is 10.0. The Balaban J connectivity index is -0.000000343. The summed E-state index contributed by atoms with van der Waals surface area (Å²) in [5.41, 5.74) is 7.02. The summed E-state index contributed by atoms with van der Waals surface area (Å²) in [6, 6.07) is 84.1. The number of carbonyl (C=O) groups excluding carboxylic acids is 8. The number of allylic oxidation sites excluding steroid dienone is 16. The second-order valence-electron chi connectivity index (χ2n) is 26.9. The van der Waals surface area contributed by atoms with Crippen LogP contribution in [0.5, 0.6) is 0 Å². The predicted octanol–water partition coefficient (Wildman–Crippen LogP) is 21.6. The summed E-state index contributed by atoms with van der Waals surface area (Å²) in [6.45, 7) is 22.8. The molecule has 0 unspecified atom stereocenters. The van der Waals surface area contributed by atoms with Crippen LogP contribution >= 0.6 is 0 Å². The minimum atomic E-state index is -0.125. The number of hydrogen-bond acceptors (Lipinski definition) is 24. The van der Waals surface area contributed by atoms with Gasteiger partial charge < -0.3 is 80.7 Å². The molecule has 32 heteroatoms. The fourth-order valence-corrected chi connectivity index (χ4v) is 10.2. The van der Waals surface area contributed by atoms with Crippen LogP contribution in [-0.4, -0.2) is 127 Å². The van der Waals surface area contributed by atoms with Gasteiger partial charge in [0, 0.05) is 256 Å². The Hall–Kier alpha value is -10.8. The zero-order valence-electron chi connectivity index (χ0n) is 75.3. The predicted molar refractivity (Wildman–Crippen MR) is 493 cm³/mol. The van der Waals surface area contributed by atoms with Gasteiger partial charge in [0.25, 0.3) is 0 Å². The average Bonchev–Trinajstić information content (AvgIpc) is 0.740. The topological polar surface area (TPSA) is 402 Å². The van der Waals surface area contributed by atoms with Crippen LogP contribution in [0.25, 0.3) is 111 Å². The molecule has 0 aliphatic carbocycles. The monoisotopic (exact) mass is 3230 g/mol. The van der Waals surface area contributed by atoms with Crippen molar-refractivity contribution in [3.8, 4) is 45.6 Å². The van der Waals surface area contributed by atoms with Crippen molar-refractivity contribution in [3.63, 3.8) is 0 Å². The third kappa shape index (κ3) is 58.4. The van der Waals surface area contributed by atoms with E-state index in [1.54, 1.807) is 18.5 Å². The number of benzene rings is 10. The number of hydrogen-bond donors (Lipinski definition) is 8. The molecule has 10 aromatic carbocycles. The average molecular weight is 3230 g/mol. The van der Waals surface area contributed by atoms with Crippen LogP contribution in [0, 0.1) is 48.5 Å². The van der Waals surface area contributed by atoms with Crippen molar-refractivity contribution < 1.29 is 240 Å². The van der Waals surface area contributed by atoms with Crippen molar-refractivity contribution in [2.75, 3.05) is 0 Å². The van der Waals surface area contributed by atoms with E-state index in [0.29, 0.717) is 23.3 Å². The molecule has 0 atom stereocenters. The van der Waals surface area contributed by atoms with Crippen LogP contribution < -0.4 is 0 Å². The molecular weight excluding hydrogens is 3130 g/mol. The van der Waals surface area contributed by atoms with Crippen LogP contribution in [0.4, 0.5) is 0 Å². The molecule has 24 nitrogen and oxygen atoms in total. The molecule has 0 amide bonds. The summed E-state index contributed by atoms with van der Waals surface area (Å²) in [5.74, 6) is 2.17. The van der Waals surface area contributed by atoms with E-state index in [4.69, 9.17) is 50.8 Å². The second kappa shape index (κ2) is 74.5. The van der Waals surface area contributed by atoms with Gasteiger partial charge >= 0.3 is 0 Å². The molecule has 8 radical (unpaired) electrons. The van der Waals surface area contributed by atoms with Crippen LogP contribution in [0.1, 0.15) is 111 Å². The summed E-state index contributed by atoms with van der Waals surface area (Å²) in [4.78, 5) is 116. The van der Waals surface area contributed by atoms with Gasteiger partial charge in [0.2, 0.25) is 0 Å². The minimum Gasteiger partial charge on any atom is -0.512 e. The molecule has 0 saturated heterocycles. The number of aliphatic hydroxyl groups excluding tert-OH is 8. The zero-order valence-corrected chi connectivity index (χ0v) is 94.5. The van der Waals surface area contributed by atoms with E-state index in [9.17, 15) is 38.4 Å². The molecule has 14 rings (SSSR count). The van der Waals surface area contributed by atoms with Gasteiger partial charge in [0.1, 0.15) is 0 Å². The van der Waals surface area contributed by atoms with E-state index in [2.05, 4.69) is 121 Å². The molecule has 4 aromatic heterocycles. The third-order valence-electron chi connectivity index (χ3n) is 14.5. The summed E-state index contributed by atoms with van der Waals surface area (Å²) >= 11 is 0. The number of aliphatic hydroxyl groups is 8. The van der Waals surface area contributed by atoms with Crippen molar-refractivity contribution in [1.82, 2.24) is 39.9 Å². The van der Waals surface area contributed by atoms with E-state index in [-0.39, 0.29) is 253 Å². The third-order valence-corrected chi connectivity index (χ3v) is 14.5. The zero-order chi connectivity index (χ0) is 93.8. The number of para-hydroxylation sites is 2. The number of aromatic nitrogens is 8. The molecule has 14 aromatic rings. The Kier molecular flexibility index (Phi) is 74.5. The van der Waals surface area contributed by atoms with E-state index >= 15 is 0 Å². The summed E-state index contributed by atoms with van der Waals surface area (Å²) in [6.07, 6.45) is 16.4. The maximum atomic E-state index is 10.0. The van der Waals surface area contributed by atoms with Gasteiger partial charge in [-0.25, -0.2) is 82.9 Å². The van der Waals surface area contributed by atoms with Gasteiger partial charge in [-0.05, 0) is 175 Å². The largest absolute Gasteiger partial charge is 0.512 e. The maximum Gasteiger partial charge on any atom is 0.155 e. The summed E-state index contributed by atoms with van der Waals surface area (Å²) in [7, 11) is 0. The fraction of sp³-hybridized carbons (Fsp3) is 0.157. The first-order valence-electron chi connectivity index (χ1n) is 38.4. The van der Waals surface area contributed by atoms with E-state index in [1.807, 2.05) is 146 Å². The van der Waals surface area contributed by atoms with Gasteiger partial charge in [0.15, 0.2) is 46.3 Å². The SMILES string of the molecule is CC(=O)C=C(C)O.CC(=O)C=C(C)O.CC(=O)C=C(C)O.CC(=O)C=C(C)O.CC(=O)C=C(C)O.CC(=O)C=C(C)O.CC(=O)C=C(C)O.CC(=O)C=C(C)O.[Ir].[Ir].[Ir].[Ir].[Ir].[Ir].[Ir].[Ir].[c-]1cc2ccccc2[c-]c1-c1ncc2ccccc2n1.[c-]1ccc[c-]c1-c1nc2ccc3cccc4ccc(n1)c2c34.[c-]1ccc[c-]c1-c1ncc2ccccc2n1.[c-]1ccc[c-]c1-c1ncccn1. The molecule has 0 fully saturated rings. The van der Waals surface area contributed by atoms with Gasteiger partial charge in [0.05, 0.1) is 68.1 Å². The van der Waals surface area contributed by atoms with Crippen LogP contribution in [0.15, 0.2) is 301 Å². The smallest absolute Gasteiger partial charge is 0.155 e. The summed E-state index contributed by atoms with van der Waals surface area (Å²) < 4.78 is 0. The second-order valence-corrected chi connectivity index (χ2v) is 26.9. The molecule has 0 spiro atoms. The number of carbonyl (C=O) groups is 8. The van der Waals surface area contributed by atoms with Gasteiger partial charge in [-0.15, -0.1) is 6.07 Å². The van der Waals surface area contributed by atoms with Gasteiger partial charge in [-0.2, -0.15) is 10.8 Å². The first-order chi connectivity index (χ1) is 59.7. The standard InChI is InChI=1S/C20H10N2.C18H10N2.C14H8N2.C10H6N2.8C5H8O2.8Ir/c1-2-5-15(6-3-1)20-21-16-11-9-13-7-4-8-14-10-12-17(22-20)19(16)18(13)14;1-2-6-14-11-15(10-9-13(14)5-1)18-19-12-16-7-3-4-8-17(16)20-18;1-2-6-11(7-3-1)14-15-10-12-8-4-5-9-13(12)16-14;1-2-5-9(6-3-1)10-11-7-4-8-12-10;8*1-4(6)3-5(2)7;;;;;;;;/h1-4,7-12H;1-9,12H;1-5,8-10H;1-4,7-8H;8*3,6H,1-2H3;;;;;;;;/q4*-2;;;;;;;;;;;;;;;;. The first-order valence-corrected chi connectivity index (χ1v) is 38.4. The van der Waals surface area contributed by atoms with Crippen LogP contribution in [-0.2, 0) is 199 Å². The minimum absolute atomic E-state index is 0. The van der Waals surface area contributed by atoms with E-state index in [0.717, 1.165) is 71.3 Å². The van der Waals surface area contributed by atoms with Crippen LogP contribution in [0.3, 0.4) is 0 Å². The molecule has 134 heavy (non-hydrogen) atoms.